The first-order valence-electron chi connectivity index (χ1n) is 8.24. The van der Waals surface area contributed by atoms with Crippen molar-refractivity contribution in [1.82, 2.24) is 15.0 Å². The van der Waals surface area contributed by atoms with Gasteiger partial charge in [0.1, 0.15) is 0 Å². The Morgan fingerprint density at radius 1 is 0.542 bits per heavy atom. The first kappa shape index (κ1) is 14.5. The van der Waals surface area contributed by atoms with Gasteiger partial charge in [-0.15, -0.1) is 0 Å². The molecule has 0 aliphatic rings. The lowest BCUT2D eigenvalue weighted by Gasteiger charge is -2.09. The predicted octanol–water partition coefficient (Wildman–Crippen LogP) is 5.51. The molecule has 0 unspecified atom stereocenters. The fourth-order valence-corrected chi connectivity index (χ4v) is 3.08. The summed E-state index contributed by atoms with van der Waals surface area (Å²) >= 11 is 0. The fraction of sp³-hybridized carbons (Fsp3) is 0.0952. The topological polar surface area (TPSA) is 38.7 Å². The van der Waals surface area contributed by atoms with E-state index in [0.717, 1.165) is 43.7 Å². The van der Waals surface area contributed by atoms with E-state index in [4.69, 9.17) is 9.97 Å². The molecule has 24 heavy (non-hydrogen) atoms. The molecule has 0 atom stereocenters. The molecule has 2 heterocycles. The highest BCUT2D eigenvalue weighted by Gasteiger charge is 2.12. The maximum absolute atomic E-state index is 4.87. The summed E-state index contributed by atoms with van der Waals surface area (Å²) in [7, 11) is 0. The van der Waals surface area contributed by atoms with Crippen LogP contribution in [0, 0.1) is 0 Å². The van der Waals surface area contributed by atoms with E-state index in [9.17, 15) is 0 Å². The zero-order valence-corrected chi connectivity index (χ0v) is 13.7. The Balaban J connectivity index is 0.000000704. The Bertz CT molecular complexity index is 1090. The van der Waals surface area contributed by atoms with Crippen LogP contribution in [0.2, 0.25) is 0 Å². The molecular weight excluding hydrogens is 294 g/mol. The molecule has 2 aromatic heterocycles. The van der Waals surface area contributed by atoms with E-state index in [1.54, 1.807) is 0 Å². The van der Waals surface area contributed by atoms with E-state index in [1.807, 2.05) is 62.5 Å². The van der Waals surface area contributed by atoms with Crippen molar-refractivity contribution in [3.63, 3.8) is 0 Å². The van der Waals surface area contributed by atoms with Crippen LogP contribution in [0.5, 0.6) is 0 Å². The summed E-state index contributed by atoms with van der Waals surface area (Å²) in [5.41, 5.74) is 4.67. The smallest absolute Gasteiger partial charge is 0.0995 e. The number of aromatic nitrogens is 3. The summed E-state index contributed by atoms with van der Waals surface area (Å²) in [6, 6.07) is 20.3. The third kappa shape index (κ3) is 2.09. The van der Waals surface area contributed by atoms with Gasteiger partial charge in [-0.2, -0.15) is 0 Å². The normalized spacial score (nSPS) is 10.9. The van der Waals surface area contributed by atoms with Crippen LogP contribution in [-0.2, 0) is 0 Å². The SMILES string of the molecule is CC.c1ccc2nc3c4cccnc4c4ccccc4c3nc2c1. The number of hydrogen-bond donors (Lipinski definition) is 0. The van der Waals surface area contributed by atoms with Crippen molar-refractivity contribution < 1.29 is 0 Å². The van der Waals surface area contributed by atoms with Crippen molar-refractivity contribution in [2.75, 3.05) is 0 Å². The molecule has 5 aromatic rings. The van der Waals surface area contributed by atoms with Crippen LogP contribution in [0.25, 0.3) is 43.7 Å². The lowest BCUT2D eigenvalue weighted by Crippen LogP contribution is -1.92. The van der Waals surface area contributed by atoms with E-state index in [2.05, 4.69) is 23.2 Å². The Hall–Kier alpha value is -3.07. The summed E-state index contributed by atoms with van der Waals surface area (Å²) in [5.74, 6) is 0. The number of nitrogens with zero attached hydrogens (tertiary/aromatic N) is 3. The second kappa shape index (κ2) is 5.85. The fourth-order valence-electron chi connectivity index (χ4n) is 3.08. The van der Waals surface area contributed by atoms with Gasteiger partial charge in [-0.3, -0.25) is 4.98 Å². The van der Waals surface area contributed by atoms with Crippen molar-refractivity contribution in [3.05, 3.63) is 66.9 Å². The van der Waals surface area contributed by atoms with Gasteiger partial charge in [-0.25, -0.2) is 9.97 Å². The maximum Gasteiger partial charge on any atom is 0.0995 e. The summed E-state index contributed by atoms with van der Waals surface area (Å²) in [6.45, 7) is 4.00. The number of hydrogen-bond acceptors (Lipinski definition) is 3. The van der Waals surface area contributed by atoms with Crippen molar-refractivity contribution in [1.29, 1.82) is 0 Å². The molecule has 0 bridgehead atoms. The van der Waals surface area contributed by atoms with Gasteiger partial charge < -0.3 is 0 Å². The number of fused-ring (bicyclic) bond motifs is 7. The molecule has 0 fully saturated rings. The van der Waals surface area contributed by atoms with Crippen molar-refractivity contribution in [2.24, 2.45) is 0 Å². The number of para-hydroxylation sites is 2. The van der Waals surface area contributed by atoms with Crippen molar-refractivity contribution in [3.8, 4) is 0 Å². The van der Waals surface area contributed by atoms with Crippen LogP contribution in [0.4, 0.5) is 0 Å². The van der Waals surface area contributed by atoms with E-state index in [0.29, 0.717) is 0 Å². The van der Waals surface area contributed by atoms with Crippen LogP contribution in [-0.4, -0.2) is 15.0 Å². The molecule has 3 heteroatoms. The zero-order chi connectivity index (χ0) is 16.5. The number of benzene rings is 3. The molecular formula is C21H17N3. The summed E-state index contributed by atoms with van der Waals surface area (Å²) < 4.78 is 0. The van der Waals surface area contributed by atoms with Crippen LogP contribution in [0.15, 0.2) is 66.9 Å². The van der Waals surface area contributed by atoms with Gasteiger partial charge >= 0.3 is 0 Å². The predicted molar refractivity (Wildman–Crippen MR) is 101 cm³/mol. The highest BCUT2D eigenvalue weighted by molar-refractivity contribution is 6.22. The van der Waals surface area contributed by atoms with Gasteiger partial charge in [0.15, 0.2) is 0 Å². The second-order valence-electron chi connectivity index (χ2n) is 5.35. The Morgan fingerprint density at radius 3 is 1.71 bits per heavy atom. The minimum atomic E-state index is 0.912. The highest BCUT2D eigenvalue weighted by atomic mass is 14.8. The molecule has 3 aromatic carbocycles. The van der Waals surface area contributed by atoms with E-state index < -0.39 is 0 Å². The minimum absolute atomic E-state index is 0.912. The summed E-state index contributed by atoms with van der Waals surface area (Å²) in [4.78, 5) is 14.3. The van der Waals surface area contributed by atoms with Gasteiger partial charge in [0.05, 0.1) is 27.6 Å². The van der Waals surface area contributed by atoms with Crippen LogP contribution >= 0.6 is 0 Å². The van der Waals surface area contributed by atoms with Crippen molar-refractivity contribution >= 4 is 43.7 Å². The third-order valence-electron chi connectivity index (χ3n) is 4.07. The standard InChI is InChI=1S/C19H11N3.C2H6/c1-2-7-13-12(6-1)17-14(8-5-11-20-17)19-18(13)21-15-9-3-4-10-16(15)22-19;1-2/h1-11H;1-2H3. The maximum atomic E-state index is 4.87. The lowest BCUT2D eigenvalue weighted by atomic mass is 10.0. The molecule has 0 N–H and O–H groups in total. The monoisotopic (exact) mass is 311 g/mol. The van der Waals surface area contributed by atoms with Crippen LogP contribution < -0.4 is 0 Å². The van der Waals surface area contributed by atoms with E-state index >= 15 is 0 Å². The van der Waals surface area contributed by atoms with Gasteiger partial charge in [0.25, 0.3) is 0 Å². The first-order valence-corrected chi connectivity index (χ1v) is 8.24. The highest BCUT2D eigenvalue weighted by Crippen LogP contribution is 2.32. The molecule has 0 aliphatic carbocycles. The molecule has 116 valence electrons. The molecule has 0 radical (unpaired) electrons. The summed E-state index contributed by atoms with van der Waals surface area (Å²) in [5, 5.41) is 3.27. The van der Waals surface area contributed by atoms with Gasteiger partial charge in [0.2, 0.25) is 0 Å². The van der Waals surface area contributed by atoms with Gasteiger partial charge in [-0.1, -0.05) is 50.2 Å². The first-order chi connectivity index (χ1) is 11.9. The van der Waals surface area contributed by atoms with Gasteiger partial charge in [0, 0.05) is 22.4 Å². The molecule has 0 saturated carbocycles. The number of rotatable bonds is 0. The van der Waals surface area contributed by atoms with E-state index in [-0.39, 0.29) is 0 Å². The summed E-state index contributed by atoms with van der Waals surface area (Å²) in [6.07, 6.45) is 1.83. The molecule has 0 saturated heterocycles. The Morgan fingerprint density at radius 2 is 1.04 bits per heavy atom. The van der Waals surface area contributed by atoms with Gasteiger partial charge in [-0.05, 0) is 24.3 Å². The quantitative estimate of drug-likeness (QED) is 0.279. The largest absolute Gasteiger partial charge is 0.256 e. The average molecular weight is 311 g/mol. The zero-order valence-electron chi connectivity index (χ0n) is 13.7. The molecule has 0 spiro atoms. The Labute approximate surface area is 140 Å². The third-order valence-corrected chi connectivity index (χ3v) is 4.07. The van der Waals surface area contributed by atoms with Crippen LogP contribution in [0.3, 0.4) is 0 Å². The minimum Gasteiger partial charge on any atom is -0.256 e. The van der Waals surface area contributed by atoms with Crippen molar-refractivity contribution in [2.45, 2.75) is 13.8 Å². The second-order valence-corrected chi connectivity index (χ2v) is 5.35. The molecule has 5 rings (SSSR count). The number of pyridine rings is 1. The molecule has 0 amide bonds. The average Bonchev–Trinajstić information content (AvgIpc) is 2.68. The molecule has 0 aliphatic heterocycles. The molecule has 3 nitrogen and oxygen atoms in total. The Kier molecular flexibility index (Phi) is 3.54. The van der Waals surface area contributed by atoms with E-state index in [1.165, 1.54) is 0 Å². The lowest BCUT2D eigenvalue weighted by molar-refractivity contribution is 1.39. The van der Waals surface area contributed by atoms with Crippen LogP contribution in [0.1, 0.15) is 13.8 Å².